The average Bonchev–Trinajstić information content (AvgIpc) is 2.75. The van der Waals surface area contributed by atoms with Crippen LogP contribution in [0.1, 0.15) is 44.3 Å². The van der Waals surface area contributed by atoms with Crippen molar-refractivity contribution in [2.75, 3.05) is 0 Å². The molecule has 106 valence electrons. The van der Waals surface area contributed by atoms with Crippen LogP contribution < -0.4 is 5.32 Å². The van der Waals surface area contributed by atoms with Gasteiger partial charge in [0.15, 0.2) is 0 Å². The van der Waals surface area contributed by atoms with E-state index in [4.69, 9.17) is 4.74 Å². The van der Waals surface area contributed by atoms with Gasteiger partial charge in [0.2, 0.25) is 0 Å². The summed E-state index contributed by atoms with van der Waals surface area (Å²) < 4.78 is 8.91. The highest BCUT2D eigenvalue weighted by molar-refractivity contribution is 7.07. The summed E-state index contributed by atoms with van der Waals surface area (Å²) in [6.07, 6.45) is 1.37. The number of carbonyl (C=O) groups is 2. The average molecular weight is 285 g/mol. The quantitative estimate of drug-likeness (QED) is 0.850. The number of ether oxygens (including phenoxy) is 1. The Hall–Kier alpha value is -1.50. The van der Waals surface area contributed by atoms with Crippen molar-refractivity contribution < 1.29 is 14.3 Å². The van der Waals surface area contributed by atoms with Crippen molar-refractivity contribution in [1.29, 1.82) is 0 Å². The number of nitrogens with one attached hydrogen (secondary N) is 1. The highest BCUT2D eigenvalue weighted by Crippen LogP contribution is 2.13. The molecule has 0 saturated carbocycles. The summed E-state index contributed by atoms with van der Waals surface area (Å²) in [5.74, 6) is -0.868. The number of nitrogens with zero attached hydrogens (tertiary/aromatic N) is 2. The van der Waals surface area contributed by atoms with Crippen molar-refractivity contribution in [3.63, 3.8) is 0 Å². The summed E-state index contributed by atoms with van der Waals surface area (Å²) in [6.45, 7) is 9.06. The van der Waals surface area contributed by atoms with Crippen molar-refractivity contribution in [3.8, 4) is 0 Å². The first-order valence-corrected chi connectivity index (χ1v) is 6.79. The molecule has 1 atom stereocenters. The third-order valence-corrected chi connectivity index (χ3v) is 2.86. The van der Waals surface area contributed by atoms with Crippen LogP contribution in [0.4, 0.5) is 0 Å². The van der Waals surface area contributed by atoms with Gasteiger partial charge in [-0.15, -0.1) is 5.10 Å². The van der Waals surface area contributed by atoms with Crippen LogP contribution >= 0.6 is 11.5 Å². The molecule has 1 aromatic heterocycles. The minimum atomic E-state index is -0.686. The Bertz CT molecular complexity index is 438. The molecule has 6 nitrogen and oxygen atoms in total. The summed E-state index contributed by atoms with van der Waals surface area (Å²) in [5, 5.41) is 6.25. The van der Waals surface area contributed by atoms with Crippen molar-refractivity contribution in [3.05, 3.63) is 11.1 Å². The van der Waals surface area contributed by atoms with Gasteiger partial charge in [-0.1, -0.05) is 18.3 Å². The first kappa shape index (κ1) is 15.6. The van der Waals surface area contributed by atoms with E-state index in [1.165, 1.54) is 6.20 Å². The molecular formula is C12H19N3O3S. The van der Waals surface area contributed by atoms with Crippen LogP contribution in [0.3, 0.4) is 0 Å². The topological polar surface area (TPSA) is 81.2 Å². The Morgan fingerprint density at radius 2 is 2.00 bits per heavy atom. The van der Waals surface area contributed by atoms with Gasteiger partial charge in [-0.3, -0.25) is 4.79 Å². The number of amides is 1. The number of hydrogen-bond donors (Lipinski definition) is 1. The highest BCUT2D eigenvalue weighted by atomic mass is 32.1. The summed E-state index contributed by atoms with van der Waals surface area (Å²) in [4.78, 5) is 24.3. The minimum absolute atomic E-state index is 0.0697. The number of carbonyl (C=O) groups excluding carboxylic acids is 2. The van der Waals surface area contributed by atoms with E-state index in [0.717, 1.165) is 11.5 Å². The standard InChI is InChI=1S/C12H19N3O3S/c1-7(2)9(11(17)18-12(3,4)5)14-10(16)8-6-13-15-19-8/h6-7,9H,1-5H3,(H,14,16)/t9-/m0/s1. The highest BCUT2D eigenvalue weighted by Gasteiger charge is 2.29. The van der Waals surface area contributed by atoms with Crippen LogP contribution in [0.25, 0.3) is 0 Å². The van der Waals surface area contributed by atoms with Gasteiger partial charge in [0.05, 0.1) is 6.20 Å². The Balaban J connectivity index is 2.73. The van der Waals surface area contributed by atoms with Gasteiger partial charge in [-0.05, 0) is 38.2 Å². The zero-order chi connectivity index (χ0) is 14.6. The van der Waals surface area contributed by atoms with Crippen LogP contribution in [-0.4, -0.2) is 33.1 Å². The zero-order valence-corrected chi connectivity index (χ0v) is 12.6. The van der Waals surface area contributed by atoms with E-state index in [2.05, 4.69) is 14.9 Å². The fourth-order valence-electron chi connectivity index (χ4n) is 1.34. The normalized spacial score (nSPS) is 13.2. The van der Waals surface area contributed by atoms with E-state index in [-0.39, 0.29) is 11.8 Å². The van der Waals surface area contributed by atoms with Gasteiger partial charge in [-0.2, -0.15) is 0 Å². The third kappa shape index (κ3) is 4.94. The van der Waals surface area contributed by atoms with E-state index in [0.29, 0.717) is 4.88 Å². The molecule has 0 aromatic carbocycles. The van der Waals surface area contributed by atoms with Crippen molar-refractivity contribution >= 4 is 23.4 Å². The van der Waals surface area contributed by atoms with Crippen LogP contribution in [0.5, 0.6) is 0 Å². The molecule has 1 heterocycles. The lowest BCUT2D eigenvalue weighted by Crippen LogP contribution is -2.47. The van der Waals surface area contributed by atoms with Crippen molar-refractivity contribution in [2.24, 2.45) is 5.92 Å². The summed E-state index contributed by atoms with van der Waals surface area (Å²) in [7, 11) is 0. The molecule has 1 N–H and O–H groups in total. The molecule has 0 bridgehead atoms. The van der Waals surface area contributed by atoms with Crippen LogP contribution in [0.15, 0.2) is 6.20 Å². The first-order chi connectivity index (χ1) is 8.70. The van der Waals surface area contributed by atoms with Crippen LogP contribution in [0, 0.1) is 5.92 Å². The molecule has 1 amide bonds. The molecule has 19 heavy (non-hydrogen) atoms. The number of esters is 1. The minimum Gasteiger partial charge on any atom is -0.458 e. The van der Waals surface area contributed by atoms with Crippen molar-refractivity contribution in [1.82, 2.24) is 14.9 Å². The molecule has 0 aliphatic heterocycles. The second-order valence-electron chi connectivity index (χ2n) is 5.51. The first-order valence-electron chi connectivity index (χ1n) is 6.02. The largest absolute Gasteiger partial charge is 0.458 e. The Morgan fingerprint density at radius 3 is 2.42 bits per heavy atom. The molecule has 1 rings (SSSR count). The lowest BCUT2D eigenvalue weighted by Gasteiger charge is -2.26. The molecule has 0 spiro atoms. The summed E-state index contributed by atoms with van der Waals surface area (Å²) in [6, 6.07) is -0.686. The number of hydrogen-bond acceptors (Lipinski definition) is 6. The van der Waals surface area contributed by atoms with Gasteiger partial charge in [0.25, 0.3) is 5.91 Å². The molecule has 1 aromatic rings. The molecule has 0 saturated heterocycles. The lowest BCUT2D eigenvalue weighted by atomic mass is 10.0. The molecule has 0 aliphatic rings. The maximum absolute atomic E-state index is 12.0. The number of aromatic nitrogens is 2. The Kier molecular flexibility index (Phi) is 4.99. The summed E-state index contributed by atoms with van der Waals surface area (Å²) >= 11 is 0.984. The molecule has 0 fully saturated rings. The summed E-state index contributed by atoms with van der Waals surface area (Å²) in [5.41, 5.74) is -0.582. The van der Waals surface area contributed by atoms with Gasteiger partial charge < -0.3 is 10.1 Å². The van der Waals surface area contributed by atoms with E-state index in [1.807, 2.05) is 13.8 Å². The van der Waals surface area contributed by atoms with Gasteiger partial charge >= 0.3 is 5.97 Å². The second-order valence-corrected chi connectivity index (χ2v) is 6.30. The number of rotatable bonds is 4. The monoisotopic (exact) mass is 285 g/mol. The Morgan fingerprint density at radius 1 is 1.37 bits per heavy atom. The SMILES string of the molecule is CC(C)[C@H](NC(=O)c1cnns1)C(=O)OC(C)(C)C. The van der Waals surface area contributed by atoms with Crippen LogP contribution in [-0.2, 0) is 9.53 Å². The van der Waals surface area contributed by atoms with E-state index >= 15 is 0 Å². The lowest BCUT2D eigenvalue weighted by molar-refractivity contribution is -0.158. The zero-order valence-electron chi connectivity index (χ0n) is 11.8. The van der Waals surface area contributed by atoms with E-state index in [9.17, 15) is 9.59 Å². The molecule has 0 radical (unpaired) electrons. The maximum atomic E-state index is 12.0. The van der Waals surface area contributed by atoms with Gasteiger partial charge in [0.1, 0.15) is 16.5 Å². The molecule has 7 heteroatoms. The maximum Gasteiger partial charge on any atom is 0.329 e. The predicted molar refractivity (Wildman–Crippen MR) is 71.8 cm³/mol. The fourth-order valence-corrected chi connectivity index (χ4v) is 1.76. The third-order valence-electron chi connectivity index (χ3n) is 2.20. The van der Waals surface area contributed by atoms with Crippen molar-refractivity contribution in [2.45, 2.75) is 46.3 Å². The Labute approximate surface area is 116 Å². The van der Waals surface area contributed by atoms with E-state index < -0.39 is 17.6 Å². The molecule has 0 aliphatic carbocycles. The predicted octanol–water partition coefficient (Wildman–Crippen LogP) is 1.63. The van der Waals surface area contributed by atoms with Crippen LogP contribution in [0.2, 0.25) is 0 Å². The molecular weight excluding hydrogens is 266 g/mol. The van der Waals surface area contributed by atoms with Gasteiger partial charge in [0, 0.05) is 0 Å². The van der Waals surface area contributed by atoms with E-state index in [1.54, 1.807) is 20.8 Å². The molecule has 0 unspecified atom stereocenters. The second kappa shape index (κ2) is 6.10. The van der Waals surface area contributed by atoms with Gasteiger partial charge in [-0.25, -0.2) is 4.79 Å². The fraction of sp³-hybridized carbons (Fsp3) is 0.667. The smallest absolute Gasteiger partial charge is 0.329 e.